The molecular weight excluding hydrogens is 466 g/mol. The Morgan fingerprint density at radius 2 is 1.84 bits per heavy atom. The molecule has 0 radical (unpaired) electrons. The van der Waals surface area contributed by atoms with E-state index in [4.69, 9.17) is 5.73 Å². The second-order valence-corrected chi connectivity index (χ2v) is 8.16. The number of hydrogen-bond donors (Lipinski definition) is 3. The van der Waals surface area contributed by atoms with Crippen LogP contribution in [0.25, 0.3) is 11.0 Å². The van der Waals surface area contributed by atoms with Crippen molar-refractivity contribution in [3.05, 3.63) is 57.6 Å². The van der Waals surface area contributed by atoms with Gasteiger partial charge in [0.25, 0.3) is 11.8 Å². The number of fused-ring (bicyclic) bond motifs is 2. The number of aromatic nitrogens is 2. The fraction of sp³-hybridized carbons (Fsp3) is 0.190. The Hall–Kier alpha value is -3.53. The number of benzene rings is 2. The molecule has 1 aromatic heterocycles. The lowest BCUT2D eigenvalue weighted by atomic mass is 10.1. The number of aromatic amines is 1. The number of imidazole rings is 1. The molecule has 10 heteroatoms. The van der Waals surface area contributed by atoms with Crippen molar-refractivity contribution in [3.8, 4) is 0 Å². The van der Waals surface area contributed by atoms with Gasteiger partial charge in [0.1, 0.15) is 6.04 Å². The van der Waals surface area contributed by atoms with Crippen molar-refractivity contribution in [1.82, 2.24) is 14.9 Å². The van der Waals surface area contributed by atoms with Gasteiger partial charge in [-0.2, -0.15) is 0 Å². The zero-order valence-electron chi connectivity index (χ0n) is 16.4. The summed E-state index contributed by atoms with van der Waals surface area (Å²) in [5.74, 6) is -2.30. The molecule has 1 unspecified atom stereocenters. The molecule has 158 valence electrons. The molecule has 4 rings (SSSR count). The third kappa shape index (κ3) is 3.81. The summed E-state index contributed by atoms with van der Waals surface area (Å²) < 4.78 is 0.851. The largest absolute Gasteiger partial charge is 0.370 e. The van der Waals surface area contributed by atoms with Crippen LogP contribution in [0.5, 0.6) is 0 Å². The third-order valence-electron chi connectivity index (χ3n) is 5.09. The minimum atomic E-state index is -1.22. The van der Waals surface area contributed by atoms with Crippen molar-refractivity contribution in [1.29, 1.82) is 0 Å². The van der Waals surface area contributed by atoms with E-state index in [1.807, 2.05) is 19.1 Å². The molecule has 0 fully saturated rings. The van der Waals surface area contributed by atoms with E-state index < -0.39 is 29.7 Å². The van der Waals surface area contributed by atoms with Gasteiger partial charge in [-0.3, -0.25) is 29.4 Å². The minimum absolute atomic E-state index is 0.0998. The molecule has 2 heterocycles. The number of H-pyrrole nitrogens is 1. The van der Waals surface area contributed by atoms with E-state index in [1.54, 1.807) is 12.1 Å². The molecule has 31 heavy (non-hydrogen) atoms. The number of halogens is 1. The SMILES string of the molecule is Cc1cc(Br)cc2[nH]c(NC(=O)C(CCC(N)=O)N3C(=O)c4ccccc4C3=O)nc12. The molecule has 1 aliphatic rings. The van der Waals surface area contributed by atoms with Crippen LogP contribution in [0.2, 0.25) is 0 Å². The molecule has 9 nitrogen and oxygen atoms in total. The summed E-state index contributed by atoms with van der Waals surface area (Å²) >= 11 is 3.41. The van der Waals surface area contributed by atoms with E-state index in [-0.39, 0.29) is 29.9 Å². The van der Waals surface area contributed by atoms with E-state index in [1.165, 1.54) is 12.1 Å². The van der Waals surface area contributed by atoms with Crippen molar-refractivity contribution in [2.24, 2.45) is 5.73 Å². The van der Waals surface area contributed by atoms with E-state index in [0.29, 0.717) is 11.0 Å². The average molecular weight is 484 g/mol. The van der Waals surface area contributed by atoms with Crippen molar-refractivity contribution >= 4 is 56.5 Å². The fourth-order valence-electron chi connectivity index (χ4n) is 3.65. The topological polar surface area (TPSA) is 138 Å². The molecule has 3 aromatic rings. The van der Waals surface area contributed by atoms with Crippen LogP contribution in [0.1, 0.15) is 39.1 Å². The first kappa shape index (κ1) is 20.7. The summed E-state index contributed by atoms with van der Waals surface area (Å²) in [6.07, 6.45) is -0.269. The maximum Gasteiger partial charge on any atom is 0.262 e. The summed E-state index contributed by atoms with van der Waals surface area (Å²) in [5, 5.41) is 2.63. The summed E-state index contributed by atoms with van der Waals surface area (Å²) in [6, 6.07) is 8.82. The normalized spacial score (nSPS) is 14.1. The van der Waals surface area contributed by atoms with Gasteiger partial charge in [0.2, 0.25) is 17.8 Å². The van der Waals surface area contributed by atoms with Crippen LogP contribution in [-0.4, -0.2) is 44.5 Å². The number of imide groups is 1. The van der Waals surface area contributed by atoms with E-state index in [0.717, 1.165) is 14.9 Å². The van der Waals surface area contributed by atoms with Gasteiger partial charge in [-0.05, 0) is 43.2 Å². The molecule has 0 saturated heterocycles. The third-order valence-corrected chi connectivity index (χ3v) is 5.55. The van der Waals surface area contributed by atoms with Crippen LogP contribution in [0, 0.1) is 6.92 Å². The maximum atomic E-state index is 13.1. The van der Waals surface area contributed by atoms with Crippen LogP contribution < -0.4 is 11.1 Å². The van der Waals surface area contributed by atoms with Gasteiger partial charge < -0.3 is 10.7 Å². The zero-order valence-corrected chi connectivity index (χ0v) is 18.0. The first-order valence-corrected chi connectivity index (χ1v) is 10.3. The van der Waals surface area contributed by atoms with Crippen LogP contribution in [0.4, 0.5) is 5.95 Å². The Bertz CT molecular complexity index is 1220. The Labute approximate surface area is 185 Å². The minimum Gasteiger partial charge on any atom is -0.370 e. The van der Waals surface area contributed by atoms with E-state index in [9.17, 15) is 19.2 Å². The van der Waals surface area contributed by atoms with Crippen LogP contribution in [0.3, 0.4) is 0 Å². The highest BCUT2D eigenvalue weighted by atomic mass is 79.9. The number of carbonyl (C=O) groups is 4. The highest BCUT2D eigenvalue weighted by Gasteiger charge is 2.42. The number of nitrogens with zero attached hydrogens (tertiary/aromatic N) is 2. The number of nitrogens with two attached hydrogens (primary N) is 1. The first-order valence-electron chi connectivity index (χ1n) is 9.48. The van der Waals surface area contributed by atoms with Crippen LogP contribution in [0.15, 0.2) is 40.9 Å². The number of amides is 4. The van der Waals surface area contributed by atoms with Gasteiger partial charge >= 0.3 is 0 Å². The monoisotopic (exact) mass is 483 g/mol. The number of primary amides is 1. The van der Waals surface area contributed by atoms with Gasteiger partial charge in [-0.25, -0.2) is 4.98 Å². The molecular formula is C21H18BrN5O4. The number of aryl methyl sites for hydroxylation is 1. The Kier molecular flexibility index (Phi) is 5.32. The van der Waals surface area contributed by atoms with Gasteiger partial charge in [-0.1, -0.05) is 28.1 Å². The molecule has 4 N–H and O–H groups in total. The van der Waals surface area contributed by atoms with Crippen LogP contribution >= 0.6 is 15.9 Å². The van der Waals surface area contributed by atoms with Gasteiger partial charge in [-0.15, -0.1) is 0 Å². The quantitative estimate of drug-likeness (QED) is 0.462. The van der Waals surface area contributed by atoms with Crippen LogP contribution in [-0.2, 0) is 9.59 Å². The summed E-state index contributed by atoms with van der Waals surface area (Å²) in [5.41, 5.74) is 7.95. The lowest BCUT2D eigenvalue weighted by Crippen LogP contribution is -2.47. The average Bonchev–Trinajstić information content (AvgIpc) is 3.22. The maximum absolute atomic E-state index is 13.1. The van der Waals surface area contributed by atoms with Gasteiger partial charge in [0.05, 0.1) is 22.2 Å². The van der Waals surface area contributed by atoms with E-state index >= 15 is 0 Å². The predicted molar refractivity (Wildman–Crippen MR) is 116 cm³/mol. The number of anilines is 1. The zero-order chi connectivity index (χ0) is 22.3. The standard InChI is InChI=1S/C21H18BrN5O4/c1-10-8-11(22)9-14-17(10)25-21(24-14)26-18(29)15(6-7-16(23)28)27-19(30)12-4-2-3-5-13(12)20(27)31/h2-5,8-9,15H,6-7H2,1H3,(H2,23,28)(H2,24,25,26,29). The lowest BCUT2D eigenvalue weighted by molar-refractivity contribution is -0.121. The van der Waals surface area contributed by atoms with Crippen molar-refractivity contribution in [2.45, 2.75) is 25.8 Å². The smallest absolute Gasteiger partial charge is 0.262 e. The van der Waals surface area contributed by atoms with Gasteiger partial charge in [0, 0.05) is 10.9 Å². The molecule has 0 spiro atoms. The van der Waals surface area contributed by atoms with E-state index in [2.05, 4.69) is 31.2 Å². The highest BCUT2D eigenvalue weighted by Crippen LogP contribution is 2.27. The number of hydrogen-bond acceptors (Lipinski definition) is 5. The number of rotatable bonds is 6. The molecule has 1 atom stereocenters. The van der Waals surface area contributed by atoms with Crippen molar-refractivity contribution in [3.63, 3.8) is 0 Å². The molecule has 2 aromatic carbocycles. The second kappa shape index (κ2) is 7.95. The molecule has 0 saturated carbocycles. The lowest BCUT2D eigenvalue weighted by Gasteiger charge is -2.24. The molecule has 4 amide bonds. The summed E-state index contributed by atoms with van der Waals surface area (Å²) in [6.45, 7) is 1.88. The van der Waals surface area contributed by atoms with Crippen molar-refractivity contribution < 1.29 is 19.2 Å². The first-order chi connectivity index (χ1) is 14.8. The molecule has 0 bridgehead atoms. The Morgan fingerprint density at radius 3 is 2.45 bits per heavy atom. The number of carbonyl (C=O) groups excluding carboxylic acids is 4. The molecule has 1 aliphatic heterocycles. The number of nitrogens with one attached hydrogen (secondary N) is 2. The summed E-state index contributed by atoms with van der Waals surface area (Å²) in [4.78, 5) is 58.4. The Morgan fingerprint density at radius 1 is 1.19 bits per heavy atom. The van der Waals surface area contributed by atoms with Gasteiger partial charge in [0.15, 0.2) is 0 Å². The second-order valence-electron chi connectivity index (χ2n) is 7.24. The fourth-order valence-corrected chi connectivity index (χ4v) is 4.23. The van der Waals surface area contributed by atoms with Crippen molar-refractivity contribution in [2.75, 3.05) is 5.32 Å². The highest BCUT2D eigenvalue weighted by molar-refractivity contribution is 9.10. The predicted octanol–water partition coefficient (Wildman–Crippen LogP) is 2.50. The summed E-state index contributed by atoms with van der Waals surface area (Å²) in [7, 11) is 0. The molecule has 0 aliphatic carbocycles. The Balaban J connectivity index is 1.64.